The van der Waals surface area contributed by atoms with E-state index in [0.29, 0.717) is 31.6 Å². The highest BCUT2D eigenvalue weighted by atomic mass is 16.5. The summed E-state index contributed by atoms with van der Waals surface area (Å²) < 4.78 is 8.15. The van der Waals surface area contributed by atoms with Gasteiger partial charge in [0.2, 0.25) is 16.9 Å². The van der Waals surface area contributed by atoms with Gasteiger partial charge in [0.05, 0.1) is 6.61 Å². The van der Waals surface area contributed by atoms with Crippen LogP contribution >= 0.6 is 0 Å². The summed E-state index contributed by atoms with van der Waals surface area (Å²) in [7, 11) is 0. The number of ether oxygens (including phenoxy) is 1. The average molecular weight is 410 g/mol. The second-order valence-electron chi connectivity index (χ2n) is 7.17. The van der Waals surface area contributed by atoms with Crippen molar-refractivity contribution in [3.8, 4) is 5.75 Å². The lowest BCUT2D eigenvalue weighted by Crippen LogP contribution is -2.40. The van der Waals surface area contributed by atoms with Crippen LogP contribution in [0.15, 0.2) is 42.5 Å². The van der Waals surface area contributed by atoms with Gasteiger partial charge in [0.25, 0.3) is 0 Å². The maximum atomic E-state index is 12.0. The third kappa shape index (κ3) is 4.84. The van der Waals surface area contributed by atoms with Crippen LogP contribution in [-0.4, -0.2) is 34.6 Å². The van der Waals surface area contributed by atoms with Crippen LogP contribution in [0.5, 0.6) is 5.75 Å². The topological polar surface area (TPSA) is 92.4 Å². The highest BCUT2D eigenvalue weighted by Crippen LogP contribution is 2.24. The molecule has 1 heterocycles. The molecule has 2 N–H and O–H groups in total. The monoisotopic (exact) mass is 410 g/mol. The number of aliphatic carboxylic acids is 1. The largest absolute Gasteiger partial charge is 0.491 e. The van der Waals surface area contributed by atoms with Gasteiger partial charge in [0, 0.05) is 18.6 Å². The minimum absolute atomic E-state index is 0.212. The van der Waals surface area contributed by atoms with Crippen LogP contribution < -0.4 is 14.6 Å². The maximum absolute atomic E-state index is 12.0. The molecule has 0 saturated carbocycles. The molecule has 0 fully saturated rings. The Morgan fingerprint density at radius 2 is 1.90 bits per heavy atom. The first kappa shape index (κ1) is 21.5. The molecule has 3 aromatic rings. The lowest BCUT2D eigenvalue weighted by Gasteiger charge is -2.13. The van der Waals surface area contributed by atoms with E-state index in [0.717, 1.165) is 28.6 Å². The zero-order valence-electron chi connectivity index (χ0n) is 17.4. The van der Waals surface area contributed by atoms with Gasteiger partial charge in [0.1, 0.15) is 18.1 Å². The van der Waals surface area contributed by atoms with Gasteiger partial charge in [-0.2, -0.15) is 4.57 Å². The van der Waals surface area contributed by atoms with Gasteiger partial charge in [-0.1, -0.05) is 31.5 Å². The number of nitrogens with one attached hydrogen (secondary N) is 1. The molecule has 158 valence electrons. The number of nitrogens with zero attached hydrogens (tertiary/aromatic N) is 2. The van der Waals surface area contributed by atoms with Gasteiger partial charge in [-0.15, -0.1) is 0 Å². The zero-order chi connectivity index (χ0) is 21.5. The van der Waals surface area contributed by atoms with Crippen molar-refractivity contribution in [3.63, 3.8) is 0 Å². The van der Waals surface area contributed by atoms with E-state index in [9.17, 15) is 9.59 Å². The number of aryl methyl sites for hydroxylation is 1. The average Bonchev–Trinajstić information content (AvgIpc) is 2.74. The van der Waals surface area contributed by atoms with Crippen LogP contribution in [0.3, 0.4) is 0 Å². The van der Waals surface area contributed by atoms with E-state index in [1.165, 1.54) is 0 Å². The Bertz CT molecular complexity index is 1050. The first-order chi connectivity index (χ1) is 14.5. The lowest BCUT2D eigenvalue weighted by molar-refractivity contribution is -0.641. The van der Waals surface area contributed by atoms with Crippen LogP contribution in [0, 0.1) is 0 Å². The molecule has 2 aromatic carbocycles. The Hall–Kier alpha value is -3.22. The van der Waals surface area contributed by atoms with Gasteiger partial charge < -0.3 is 15.2 Å². The van der Waals surface area contributed by atoms with E-state index in [1.807, 2.05) is 43.3 Å². The third-order valence-electron chi connectivity index (χ3n) is 5.01. The summed E-state index contributed by atoms with van der Waals surface area (Å²) in [5.41, 5.74) is 3.76. The minimum Gasteiger partial charge on any atom is -0.491 e. The number of amides is 1. The van der Waals surface area contributed by atoms with Crippen molar-refractivity contribution in [1.29, 1.82) is 0 Å². The summed E-state index contributed by atoms with van der Waals surface area (Å²) >= 11 is 0. The number of hydrogen-bond acceptors (Lipinski definition) is 4. The summed E-state index contributed by atoms with van der Waals surface area (Å²) in [6.45, 7) is 5.14. The third-order valence-corrected chi connectivity index (χ3v) is 5.01. The molecule has 0 spiro atoms. The van der Waals surface area contributed by atoms with E-state index in [-0.39, 0.29) is 12.3 Å². The summed E-state index contributed by atoms with van der Waals surface area (Å²) in [5.74, 6) is -0.597. The number of para-hydroxylation sites is 3. The van der Waals surface area contributed by atoms with E-state index >= 15 is 0 Å². The van der Waals surface area contributed by atoms with Crippen LogP contribution in [0.1, 0.15) is 39.5 Å². The molecule has 1 atom stereocenters. The molecule has 1 aromatic heterocycles. The molecule has 30 heavy (non-hydrogen) atoms. The second-order valence-corrected chi connectivity index (χ2v) is 7.17. The van der Waals surface area contributed by atoms with Gasteiger partial charge in [0.15, 0.2) is 11.3 Å². The van der Waals surface area contributed by atoms with Crippen LogP contribution in [0.25, 0.3) is 22.1 Å². The molecular formula is C23H28N3O4+. The highest BCUT2D eigenvalue weighted by molar-refractivity contribution is 5.85. The molecule has 0 aliphatic carbocycles. The van der Waals surface area contributed by atoms with Crippen molar-refractivity contribution >= 4 is 33.9 Å². The molecule has 7 heteroatoms. The second kappa shape index (κ2) is 10.0. The van der Waals surface area contributed by atoms with Crippen molar-refractivity contribution in [2.24, 2.45) is 0 Å². The van der Waals surface area contributed by atoms with Crippen molar-refractivity contribution in [2.45, 2.75) is 52.1 Å². The Balaban J connectivity index is 1.67. The molecule has 0 radical (unpaired) electrons. The Kier molecular flexibility index (Phi) is 7.17. The first-order valence-corrected chi connectivity index (χ1v) is 10.4. The molecule has 0 aliphatic rings. The minimum atomic E-state index is -1.00. The number of benzene rings is 2. The van der Waals surface area contributed by atoms with E-state index in [1.54, 1.807) is 0 Å². The highest BCUT2D eigenvalue weighted by Gasteiger charge is 2.19. The van der Waals surface area contributed by atoms with Crippen molar-refractivity contribution in [3.05, 3.63) is 42.5 Å². The molecule has 0 bridgehead atoms. The summed E-state index contributed by atoms with van der Waals surface area (Å²) in [6, 6.07) is 13.0. The Morgan fingerprint density at radius 1 is 1.13 bits per heavy atom. The SMILES string of the molecule is CCCC(NC(=O)CCCOc1cccc2c1nc1ccccc1[n+]2CC)C(=O)O. The van der Waals surface area contributed by atoms with Gasteiger partial charge in [-0.05, 0) is 31.9 Å². The van der Waals surface area contributed by atoms with E-state index < -0.39 is 12.0 Å². The first-order valence-electron chi connectivity index (χ1n) is 10.4. The molecule has 1 amide bonds. The van der Waals surface area contributed by atoms with E-state index in [2.05, 4.69) is 22.9 Å². The van der Waals surface area contributed by atoms with Gasteiger partial charge in [-0.3, -0.25) is 4.79 Å². The van der Waals surface area contributed by atoms with Gasteiger partial charge in [-0.25, -0.2) is 9.78 Å². The quantitative estimate of drug-likeness (QED) is 0.304. The number of carboxylic acid groups (broad SMARTS) is 1. The smallest absolute Gasteiger partial charge is 0.326 e. The number of carboxylic acids is 1. The predicted octanol–water partition coefficient (Wildman–Crippen LogP) is 3.22. The van der Waals surface area contributed by atoms with E-state index in [4.69, 9.17) is 14.8 Å². The van der Waals surface area contributed by atoms with Crippen LogP contribution in [0.4, 0.5) is 0 Å². The standard InChI is InChI=1S/C23H27N3O4/c1-3-9-17(23(28)29)24-21(27)14-8-15-30-20-13-7-12-19-22(20)25-16-10-5-6-11-18(16)26(19)4-2/h5-7,10-13,17H,3-4,8-9,14-15H2,1-2H3,(H-,24,27,28,29)/p+1. The number of carbonyl (C=O) groups excluding carboxylic acids is 1. The number of aromatic nitrogens is 2. The van der Waals surface area contributed by atoms with Crippen LogP contribution in [-0.2, 0) is 16.1 Å². The molecular weight excluding hydrogens is 382 g/mol. The molecule has 0 aliphatic heterocycles. The summed E-state index contributed by atoms with van der Waals surface area (Å²) in [4.78, 5) is 28.0. The Morgan fingerprint density at radius 3 is 2.63 bits per heavy atom. The maximum Gasteiger partial charge on any atom is 0.326 e. The summed E-state index contributed by atoms with van der Waals surface area (Å²) in [6.07, 6.45) is 1.82. The number of fused-ring (bicyclic) bond motifs is 2. The lowest BCUT2D eigenvalue weighted by atomic mass is 10.1. The Labute approximate surface area is 175 Å². The normalized spacial score (nSPS) is 12.1. The fraction of sp³-hybridized carbons (Fsp3) is 0.391. The summed E-state index contributed by atoms with van der Waals surface area (Å²) in [5, 5.41) is 11.7. The number of rotatable bonds is 10. The van der Waals surface area contributed by atoms with Crippen molar-refractivity contribution in [2.75, 3.05) is 6.61 Å². The zero-order valence-corrected chi connectivity index (χ0v) is 17.4. The fourth-order valence-electron chi connectivity index (χ4n) is 3.56. The van der Waals surface area contributed by atoms with Gasteiger partial charge >= 0.3 is 5.97 Å². The van der Waals surface area contributed by atoms with Crippen molar-refractivity contribution < 1.29 is 24.0 Å². The predicted molar refractivity (Wildman–Crippen MR) is 114 cm³/mol. The molecule has 3 rings (SSSR count). The fourth-order valence-corrected chi connectivity index (χ4v) is 3.56. The molecule has 1 unspecified atom stereocenters. The van der Waals surface area contributed by atoms with Crippen molar-refractivity contribution in [1.82, 2.24) is 10.3 Å². The molecule has 7 nitrogen and oxygen atoms in total. The number of carbonyl (C=O) groups is 2. The molecule has 0 saturated heterocycles. The van der Waals surface area contributed by atoms with Crippen LogP contribution in [0.2, 0.25) is 0 Å². The number of hydrogen-bond donors (Lipinski definition) is 2.